The fraction of sp³-hybridized carbons (Fsp3) is 0.0769. The molecule has 0 spiro atoms. The summed E-state index contributed by atoms with van der Waals surface area (Å²) in [5.41, 5.74) is 0.565. The third-order valence-corrected chi connectivity index (χ3v) is 3.60. The Hall–Kier alpha value is -1.63. The fourth-order valence-corrected chi connectivity index (χ4v) is 2.48. The zero-order valence-electron chi connectivity index (χ0n) is 8.76. The maximum atomic E-state index is 12.1. The quantitative estimate of drug-likeness (QED) is 0.787. The molecule has 0 saturated carbocycles. The van der Waals surface area contributed by atoms with Gasteiger partial charge >= 0.3 is 0 Å². The lowest BCUT2D eigenvalue weighted by Gasteiger charge is -2.08. The SMILES string of the molecule is N#CC(C(=O)c1cccs1)c1ccccc1Cl. The Kier molecular flexibility index (Phi) is 3.58. The van der Waals surface area contributed by atoms with Crippen LogP contribution in [0.2, 0.25) is 5.02 Å². The molecule has 0 radical (unpaired) electrons. The van der Waals surface area contributed by atoms with E-state index >= 15 is 0 Å². The first-order valence-electron chi connectivity index (χ1n) is 4.96. The van der Waals surface area contributed by atoms with Gasteiger partial charge in [0.05, 0.1) is 10.9 Å². The largest absolute Gasteiger partial charge is 0.291 e. The van der Waals surface area contributed by atoms with E-state index in [1.807, 2.05) is 11.4 Å². The summed E-state index contributed by atoms with van der Waals surface area (Å²) in [5, 5.41) is 11.4. The van der Waals surface area contributed by atoms with Crippen LogP contribution < -0.4 is 0 Å². The number of nitriles is 1. The first-order valence-corrected chi connectivity index (χ1v) is 6.21. The van der Waals surface area contributed by atoms with Crippen LogP contribution in [0.15, 0.2) is 41.8 Å². The number of carbonyl (C=O) groups excluding carboxylic acids is 1. The molecule has 1 aromatic carbocycles. The maximum Gasteiger partial charge on any atom is 0.194 e. The van der Waals surface area contributed by atoms with Gasteiger partial charge in [-0.3, -0.25) is 4.79 Å². The van der Waals surface area contributed by atoms with Gasteiger partial charge in [0.15, 0.2) is 5.78 Å². The molecule has 17 heavy (non-hydrogen) atoms. The van der Waals surface area contributed by atoms with Gasteiger partial charge in [-0.05, 0) is 23.1 Å². The highest BCUT2D eigenvalue weighted by molar-refractivity contribution is 7.12. The predicted molar refractivity (Wildman–Crippen MR) is 68.5 cm³/mol. The van der Waals surface area contributed by atoms with Crippen LogP contribution in [0.25, 0.3) is 0 Å². The van der Waals surface area contributed by atoms with Crippen LogP contribution in [0.4, 0.5) is 0 Å². The Morgan fingerprint density at radius 2 is 2.06 bits per heavy atom. The number of ketones is 1. The summed E-state index contributed by atoms with van der Waals surface area (Å²) in [5.74, 6) is -1.03. The van der Waals surface area contributed by atoms with E-state index in [0.29, 0.717) is 15.5 Å². The zero-order valence-corrected chi connectivity index (χ0v) is 10.3. The molecule has 2 rings (SSSR count). The van der Waals surface area contributed by atoms with Crippen LogP contribution in [-0.4, -0.2) is 5.78 Å². The number of carbonyl (C=O) groups is 1. The van der Waals surface area contributed by atoms with E-state index < -0.39 is 5.92 Å². The molecule has 2 aromatic rings. The first kappa shape index (κ1) is 11.8. The average Bonchev–Trinajstić information content (AvgIpc) is 2.86. The highest BCUT2D eigenvalue weighted by atomic mass is 35.5. The van der Waals surface area contributed by atoms with E-state index in [2.05, 4.69) is 0 Å². The van der Waals surface area contributed by atoms with Crippen LogP contribution in [-0.2, 0) is 0 Å². The highest BCUT2D eigenvalue weighted by Gasteiger charge is 2.24. The number of hydrogen-bond donors (Lipinski definition) is 0. The molecule has 0 amide bonds. The number of thiophene rings is 1. The predicted octanol–water partition coefficient (Wildman–Crippen LogP) is 3.89. The third-order valence-electron chi connectivity index (χ3n) is 2.37. The maximum absolute atomic E-state index is 12.1. The van der Waals surface area contributed by atoms with Crippen LogP contribution in [0.3, 0.4) is 0 Å². The molecule has 0 aliphatic rings. The number of benzene rings is 1. The van der Waals surface area contributed by atoms with Crippen molar-refractivity contribution >= 4 is 28.7 Å². The van der Waals surface area contributed by atoms with E-state index in [1.54, 1.807) is 36.4 Å². The van der Waals surface area contributed by atoms with E-state index in [0.717, 1.165) is 0 Å². The van der Waals surface area contributed by atoms with Crippen molar-refractivity contribution in [2.75, 3.05) is 0 Å². The van der Waals surface area contributed by atoms with Gasteiger partial charge in [-0.25, -0.2) is 0 Å². The average molecular weight is 262 g/mol. The monoisotopic (exact) mass is 261 g/mol. The van der Waals surface area contributed by atoms with E-state index in [-0.39, 0.29) is 5.78 Å². The van der Waals surface area contributed by atoms with E-state index in [1.165, 1.54) is 11.3 Å². The van der Waals surface area contributed by atoms with Gasteiger partial charge in [-0.1, -0.05) is 35.9 Å². The Morgan fingerprint density at radius 3 is 2.65 bits per heavy atom. The number of nitrogens with zero attached hydrogens (tertiary/aromatic N) is 1. The van der Waals surface area contributed by atoms with Crippen molar-refractivity contribution in [1.29, 1.82) is 5.26 Å². The first-order chi connectivity index (χ1) is 8.24. The van der Waals surface area contributed by atoms with Crippen LogP contribution >= 0.6 is 22.9 Å². The molecule has 4 heteroatoms. The summed E-state index contributed by atoms with van der Waals surface area (Å²) >= 11 is 7.33. The normalized spacial score (nSPS) is 11.8. The third kappa shape index (κ3) is 2.38. The van der Waals surface area contributed by atoms with Gasteiger partial charge in [-0.15, -0.1) is 11.3 Å². The van der Waals surface area contributed by atoms with Gasteiger partial charge in [0.1, 0.15) is 5.92 Å². The Labute approximate surface area is 108 Å². The molecule has 0 fully saturated rings. The summed E-state index contributed by atoms with van der Waals surface area (Å²) in [6, 6.07) is 12.5. The van der Waals surface area contributed by atoms with Gasteiger partial charge in [-0.2, -0.15) is 5.26 Å². The Morgan fingerprint density at radius 1 is 1.29 bits per heavy atom. The van der Waals surface area contributed by atoms with Crippen molar-refractivity contribution < 1.29 is 4.79 Å². The van der Waals surface area contributed by atoms with Gasteiger partial charge in [0.25, 0.3) is 0 Å². The number of Topliss-reactive ketones (excluding diaryl/α,β-unsaturated/α-hetero) is 1. The second kappa shape index (κ2) is 5.13. The minimum absolute atomic E-state index is 0.199. The zero-order chi connectivity index (χ0) is 12.3. The standard InChI is InChI=1S/C13H8ClNOS/c14-11-5-2-1-4-9(11)10(8-15)13(16)12-6-3-7-17-12/h1-7,10H. The molecule has 0 bridgehead atoms. The Balaban J connectivity index is 2.39. The molecule has 1 unspecified atom stereocenters. The molecular weight excluding hydrogens is 254 g/mol. The van der Waals surface area contributed by atoms with Crippen molar-refractivity contribution in [1.82, 2.24) is 0 Å². The van der Waals surface area contributed by atoms with Crippen molar-refractivity contribution in [3.63, 3.8) is 0 Å². The smallest absolute Gasteiger partial charge is 0.194 e. The van der Waals surface area contributed by atoms with E-state index in [4.69, 9.17) is 16.9 Å². The lowest BCUT2D eigenvalue weighted by Crippen LogP contribution is -2.10. The minimum Gasteiger partial charge on any atom is -0.291 e. The molecule has 0 aliphatic heterocycles. The molecular formula is C13H8ClNOS. The van der Waals surface area contributed by atoms with Crippen molar-refractivity contribution in [2.45, 2.75) is 5.92 Å². The van der Waals surface area contributed by atoms with Gasteiger partial charge < -0.3 is 0 Å². The second-order valence-electron chi connectivity index (χ2n) is 3.43. The number of halogens is 1. The summed E-state index contributed by atoms with van der Waals surface area (Å²) in [6.07, 6.45) is 0. The van der Waals surface area contributed by atoms with Gasteiger partial charge in [0.2, 0.25) is 0 Å². The second-order valence-corrected chi connectivity index (χ2v) is 4.78. The molecule has 1 atom stereocenters. The molecule has 0 saturated heterocycles. The highest BCUT2D eigenvalue weighted by Crippen LogP contribution is 2.28. The molecule has 0 N–H and O–H groups in total. The molecule has 1 aromatic heterocycles. The van der Waals surface area contributed by atoms with Gasteiger partial charge in [0, 0.05) is 5.02 Å². The summed E-state index contributed by atoms with van der Waals surface area (Å²) in [6.45, 7) is 0. The van der Waals surface area contributed by atoms with Crippen molar-refractivity contribution in [3.8, 4) is 6.07 Å². The number of rotatable bonds is 3. The van der Waals surface area contributed by atoms with Crippen LogP contribution in [0, 0.1) is 11.3 Å². The lowest BCUT2D eigenvalue weighted by molar-refractivity contribution is 0.0983. The molecule has 2 nitrogen and oxygen atoms in total. The lowest BCUT2D eigenvalue weighted by atomic mass is 9.95. The van der Waals surface area contributed by atoms with Crippen LogP contribution in [0.5, 0.6) is 0 Å². The topological polar surface area (TPSA) is 40.9 Å². The summed E-state index contributed by atoms with van der Waals surface area (Å²) < 4.78 is 0. The summed E-state index contributed by atoms with van der Waals surface area (Å²) in [4.78, 5) is 12.7. The molecule has 1 heterocycles. The molecule has 84 valence electrons. The van der Waals surface area contributed by atoms with E-state index in [9.17, 15) is 4.79 Å². The van der Waals surface area contributed by atoms with Crippen molar-refractivity contribution in [3.05, 3.63) is 57.2 Å². The van der Waals surface area contributed by atoms with Crippen LogP contribution in [0.1, 0.15) is 21.2 Å². The summed E-state index contributed by atoms with van der Waals surface area (Å²) in [7, 11) is 0. The molecule has 0 aliphatic carbocycles. The fourth-order valence-electron chi connectivity index (χ4n) is 1.54. The van der Waals surface area contributed by atoms with Crippen molar-refractivity contribution in [2.24, 2.45) is 0 Å². The Bertz CT molecular complexity index is 571. The number of hydrogen-bond acceptors (Lipinski definition) is 3. The minimum atomic E-state index is -0.831.